The molecule has 3 aromatic carbocycles. The summed E-state index contributed by atoms with van der Waals surface area (Å²) in [5, 5.41) is 3.11. The predicted molar refractivity (Wildman–Crippen MR) is 152 cm³/mol. The van der Waals surface area contributed by atoms with Crippen molar-refractivity contribution >= 4 is 39.1 Å². The van der Waals surface area contributed by atoms with Gasteiger partial charge in [0.25, 0.3) is 0 Å². The Hall–Kier alpha value is -3.76. The highest BCUT2D eigenvalue weighted by Crippen LogP contribution is 2.34. The highest BCUT2D eigenvalue weighted by atomic mass is 35.5. The zero-order chi connectivity index (χ0) is 28.6. The largest absolute Gasteiger partial charge is 0.497 e. The third-order valence-electron chi connectivity index (χ3n) is 6.09. The molecule has 1 N–H and O–H groups in total. The van der Waals surface area contributed by atoms with Gasteiger partial charge in [-0.05, 0) is 35.4 Å². The Morgan fingerprint density at radius 3 is 2.23 bits per heavy atom. The molecule has 11 heteroatoms. The van der Waals surface area contributed by atoms with E-state index in [2.05, 4.69) is 5.32 Å². The first-order chi connectivity index (χ1) is 18.6. The molecule has 39 heavy (non-hydrogen) atoms. The van der Waals surface area contributed by atoms with E-state index in [0.29, 0.717) is 16.3 Å². The maximum absolute atomic E-state index is 14.0. The number of amides is 2. The van der Waals surface area contributed by atoms with E-state index < -0.39 is 28.5 Å². The van der Waals surface area contributed by atoms with E-state index in [-0.39, 0.29) is 30.3 Å². The first-order valence-corrected chi connectivity index (χ1v) is 14.3. The first kappa shape index (κ1) is 29.8. The molecule has 3 rings (SSSR count). The summed E-state index contributed by atoms with van der Waals surface area (Å²) < 4.78 is 37.5. The lowest BCUT2D eigenvalue weighted by molar-refractivity contribution is -0.139. The summed E-state index contributed by atoms with van der Waals surface area (Å²) in [6, 6.07) is 19.9. The molecule has 0 aromatic heterocycles. The molecule has 0 heterocycles. The fraction of sp³-hybridized carbons (Fsp3) is 0.286. The number of methoxy groups -OCH3 is 2. The molecule has 1 atom stereocenters. The molecule has 1 unspecified atom stereocenters. The number of likely N-dealkylation sites (N-methyl/N-ethyl adjacent to an activating group) is 1. The van der Waals surface area contributed by atoms with Crippen LogP contribution in [0.5, 0.6) is 11.5 Å². The van der Waals surface area contributed by atoms with Gasteiger partial charge in [-0.2, -0.15) is 0 Å². The van der Waals surface area contributed by atoms with Crippen LogP contribution < -0.4 is 19.1 Å². The SMILES string of the molecule is CNC(=O)C(Cc1ccccc1)N(Cc1cccc(Cl)c1)C(=O)CN(c1ccc(OC)cc1OC)S(C)(=O)=O. The van der Waals surface area contributed by atoms with Gasteiger partial charge in [-0.1, -0.05) is 54.1 Å². The van der Waals surface area contributed by atoms with Crippen LogP contribution >= 0.6 is 11.6 Å². The number of ether oxygens (including phenoxy) is 2. The van der Waals surface area contributed by atoms with Crippen molar-refractivity contribution in [2.75, 3.05) is 38.4 Å². The van der Waals surface area contributed by atoms with E-state index >= 15 is 0 Å². The second kappa shape index (κ2) is 13.3. The van der Waals surface area contributed by atoms with Crippen molar-refractivity contribution in [1.29, 1.82) is 0 Å². The smallest absolute Gasteiger partial charge is 0.244 e. The van der Waals surface area contributed by atoms with Crippen molar-refractivity contribution in [3.05, 3.63) is 88.9 Å². The van der Waals surface area contributed by atoms with Crippen molar-refractivity contribution in [1.82, 2.24) is 10.2 Å². The van der Waals surface area contributed by atoms with Gasteiger partial charge < -0.3 is 19.7 Å². The lowest BCUT2D eigenvalue weighted by atomic mass is 10.0. The molecule has 0 aliphatic heterocycles. The van der Waals surface area contributed by atoms with E-state index in [1.54, 1.807) is 30.3 Å². The minimum atomic E-state index is -3.95. The topological polar surface area (TPSA) is 105 Å². The highest BCUT2D eigenvalue weighted by Gasteiger charge is 2.33. The van der Waals surface area contributed by atoms with E-state index in [1.807, 2.05) is 30.3 Å². The molecule has 9 nitrogen and oxygen atoms in total. The van der Waals surface area contributed by atoms with Gasteiger partial charge in [0.2, 0.25) is 21.8 Å². The molecular weight excluding hydrogens is 542 g/mol. The minimum absolute atomic E-state index is 0.0294. The molecule has 2 amide bonds. The minimum Gasteiger partial charge on any atom is -0.497 e. The lowest BCUT2D eigenvalue weighted by Crippen LogP contribution is -2.52. The van der Waals surface area contributed by atoms with Crippen molar-refractivity contribution in [3.8, 4) is 11.5 Å². The Bertz CT molecular complexity index is 1400. The molecule has 0 bridgehead atoms. The van der Waals surface area contributed by atoms with Gasteiger partial charge in [-0.3, -0.25) is 13.9 Å². The standard InChI is InChI=1S/C28H32ClN3O6S/c1-30-28(34)25(16-20-9-6-5-7-10-20)31(18-21-11-8-12-22(29)15-21)27(33)19-32(39(4,35)36)24-14-13-23(37-2)17-26(24)38-3/h5-15,17,25H,16,18-19H2,1-4H3,(H,30,34). The van der Waals surface area contributed by atoms with E-state index in [4.69, 9.17) is 21.1 Å². The molecule has 0 saturated heterocycles. The normalized spacial score (nSPS) is 11.8. The number of nitrogens with zero attached hydrogens (tertiary/aromatic N) is 2. The van der Waals surface area contributed by atoms with Gasteiger partial charge in [0.15, 0.2) is 0 Å². The summed E-state index contributed by atoms with van der Waals surface area (Å²) in [5.74, 6) is -0.299. The van der Waals surface area contributed by atoms with Crippen LogP contribution in [-0.2, 0) is 32.6 Å². The zero-order valence-corrected chi connectivity index (χ0v) is 23.8. The number of benzene rings is 3. The van der Waals surface area contributed by atoms with Gasteiger partial charge in [-0.25, -0.2) is 8.42 Å². The van der Waals surface area contributed by atoms with Crippen LogP contribution in [-0.4, -0.2) is 65.2 Å². The Morgan fingerprint density at radius 2 is 1.64 bits per heavy atom. The molecule has 0 radical (unpaired) electrons. The maximum atomic E-state index is 14.0. The van der Waals surface area contributed by atoms with E-state index in [9.17, 15) is 18.0 Å². The third-order valence-corrected chi connectivity index (χ3v) is 7.46. The van der Waals surface area contributed by atoms with Crippen LogP contribution in [0.25, 0.3) is 0 Å². The maximum Gasteiger partial charge on any atom is 0.244 e. The number of halogens is 1. The molecule has 0 spiro atoms. The van der Waals surface area contributed by atoms with E-state index in [1.165, 1.54) is 38.3 Å². The van der Waals surface area contributed by atoms with Crippen molar-refractivity contribution in [2.45, 2.75) is 19.0 Å². The summed E-state index contributed by atoms with van der Waals surface area (Å²) in [5.41, 5.74) is 1.69. The van der Waals surface area contributed by atoms with Crippen LogP contribution in [0.15, 0.2) is 72.8 Å². The molecular formula is C28H32ClN3O6S. The highest BCUT2D eigenvalue weighted by molar-refractivity contribution is 7.92. The van der Waals surface area contributed by atoms with Gasteiger partial charge in [0.1, 0.15) is 24.1 Å². The molecule has 0 aliphatic rings. The van der Waals surface area contributed by atoms with Gasteiger partial charge >= 0.3 is 0 Å². The molecule has 0 aliphatic carbocycles. The van der Waals surface area contributed by atoms with Crippen molar-refractivity contribution in [3.63, 3.8) is 0 Å². The number of rotatable bonds is 12. The van der Waals surface area contributed by atoms with Crippen LogP contribution in [0, 0.1) is 0 Å². The number of carbonyl (C=O) groups is 2. The summed E-state index contributed by atoms with van der Waals surface area (Å²) in [7, 11) is 0.422. The molecule has 0 saturated carbocycles. The summed E-state index contributed by atoms with van der Waals surface area (Å²) in [6.07, 6.45) is 1.23. The fourth-order valence-corrected chi connectivity index (χ4v) is 5.20. The van der Waals surface area contributed by atoms with E-state index in [0.717, 1.165) is 16.1 Å². The zero-order valence-electron chi connectivity index (χ0n) is 22.3. The van der Waals surface area contributed by atoms with Crippen LogP contribution in [0.1, 0.15) is 11.1 Å². The Labute approximate surface area is 234 Å². The average Bonchev–Trinajstić information content (AvgIpc) is 2.92. The van der Waals surface area contributed by atoms with Gasteiger partial charge in [0.05, 0.1) is 26.2 Å². The Kier molecular flexibility index (Phi) is 10.2. The number of nitrogens with one attached hydrogen (secondary N) is 1. The second-order valence-electron chi connectivity index (χ2n) is 8.78. The van der Waals surface area contributed by atoms with Crippen molar-refractivity contribution in [2.24, 2.45) is 0 Å². The number of hydrogen-bond acceptors (Lipinski definition) is 6. The third kappa shape index (κ3) is 7.87. The Morgan fingerprint density at radius 1 is 0.949 bits per heavy atom. The number of sulfonamides is 1. The lowest BCUT2D eigenvalue weighted by Gasteiger charge is -2.33. The summed E-state index contributed by atoms with van der Waals surface area (Å²) >= 11 is 6.19. The monoisotopic (exact) mass is 573 g/mol. The summed E-state index contributed by atoms with van der Waals surface area (Å²) in [6.45, 7) is -0.536. The van der Waals surface area contributed by atoms with Crippen LogP contribution in [0.4, 0.5) is 5.69 Å². The Balaban J connectivity index is 2.06. The van der Waals surface area contributed by atoms with Crippen molar-refractivity contribution < 1.29 is 27.5 Å². The average molecular weight is 574 g/mol. The van der Waals surface area contributed by atoms with Gasteiger partial charge in [0, 0.05) is 31.1 Å². The van der Waals surface area contributed by atoms with Gasteiger partial charge in [-0.15, -0.1) is 0 Å². The number of carbonyl (C=O) groups excluding carboxylic acids is 2. The molecule has 208 valence electrons. The molecule has 0 fully saturated rings. The predicted octanol–water partition coefficient (Wildman–Crippen LogP) is 3.51. The van der Waals surface area contributed by atoms with Crippen LogP contribution in [0.3, 0.4) is 0 Å². The number of hydrogen-bond donors (Lipinski definition) is 1. The quantitative estimate of drug-likeness (QED) is 0.355. The first-order valence-electron chi connectivity index (χ1n) is 12.1. The molecule has 3 aromatic rings. The fourth-order valence-electron chi connectivity index (χ4n) is 4.14. The number of anilines is 1. The second-order valence-corrected chi connectivity index (χ2v) is 11.1. The van der Waals surface area contributed by atoms with Crippen LogP contribution in [0.2, 0.25) is 5.02 Å². The summed E-state index contributed by atoms with van der Waals surface area (Å²) in [4.78, 5) is 28.5.